The van der Waals surface area contributed by atoms with Crippen LogP contribution in [0.5, 0.6) is 0 Å². The van der Waals surface area contributed by atoms with Crippen molar-refractivity contribution in [1.29, 1.82) is 0 Å². The minimum atomic E-state index is -1.17. The van der Waals surface area contributed by atoms with Crippen LogP contribution < -0.4 is 10.9 Å². The van der Waals surface area contributed by atoms with Crippen LogP contribution in [-0.4, -0.2) is 48.2 Å². The van der Waals surface area contributed by atoms with E-state index in [4.69, 9.17) is 5.11 Å². The van der Waals surface area contributed by atoms with E-state index in [1.54, 1.807) is 13.0 Å². The molecule has 5 N–H and O–H groups in total. The minimum absolute atomic E-state index is 0.102. The number of aromatic amines is 1. The normalized spacial score (nSPS) is 16.1. The highest BCUT2D eigenvalue weighted by Gasteiger charge is 2.37. The Morgan fingerprint density at radius 1 is 1.16 bits per heavy atom. The number of nitrogens with zero attached hydrogens (tertiary/aromatic N) is 2. The zero-order valence-electron chi connectivity index (χ0n) is 20.1. The van der Waals surface area contributed by atoms with E-state index in [9.17, 15) is 24.6 Å². The molecule has 2 atom stereocenters. The predicted molar refractivity (Wildman–Crippen MR) is 137 cm³/mol. The molecule has 2 heterocycles. The van der Waals surface area contributed by atoms with Gasteiger partial charge in [-0.05, 0) is 59.5 Å². The third-order valence-electron chi connectivity index (χ3n) is 6.78. The van der Waals surface area contributed by atoms with Crippen LogP contribution in [0.25, 0.3) is 21.7 Å². The zero-order chi connectivity index (χ0) is 26.3. The molecule has 0 spiro atoms. The number of hydrogen-bond donors (Lipinski definition) is 5. The number of aliphatic hydroxyl groups excluding tert-OH is 1. The Hall–Kier alpha value is -4.28. The van der Waals surface area contributed by atoms with Crippen molar-refractivity contribution in [2.24, 2.45) is 0 Å². The number of carboxylic acids is 2. The van der Waals surface area contributed by atoms with Crippen molar-refractivity contribution in [2.45, 2.75) is 45.1 Å². The van der Waals surface area contributed by atoms with Gasteiger partial charge in [0.2, 0.25) is 0 Å². The first-order chi connectivity index (χ1) is 17.7. The maximum atomic E-state index is 12.6. The molecule has 0 aliphatic carbocycles. The third kappa shape index (κ3) is 4.76. The lowest BCUT2D eigenvalue weighted by Crippen LogP contribution is -2.40. The summed E-state index contributed by atoms with van der Waals surface area (Å²) in [5, 5.41) is 34.9. The molecule has 190 valence electrons. The number of aliphatic carboxylic acids is 2. The molecule has 0 fully saturated rings. The quantitative estimate of drug-likeness (QED) is 0.228. The van der Waals surface area contributed by atoms with Gasteiger partial charge in [0.15, 0.2) is 0 Å². The number of hydrogen-bond acceptors (Lipinski definition) is 7. The van der Waals surface area contributed by atoms with Crippen molar-refractivity contribution in [1.82, 2.24) is 14.9 Å². The third-order valence-corrected chi connectivity index (χ3v) is 6.78. The molecule has 0 radical (unpaired) electrons. The van der Waals surface area contributed by atoms with Crippen LogP contribution in [0, 0.1) is 6.92 Å². The number of aryl methyl sites for hydroxylation is 1. The smallest absolute Gasteiger partial charge is 0.321 e. The summed E-state index contributed by atoms with van der Waals surface area (Å²) in [5.41, 5.74) is 3.59. The largest absolute Gasteiger partial charge is 0.481 e. The van der Waals surface area contributed by atoms with Crippen molar-refractivity contribution in [3.63, 3.8) is 0 Å². The molecule has 4 aromatic rings. The molecule has 10 heteroatoms. The number of aliphatic hydroxyl groups is 1. The van der Waals surface area contributed by atoms with Crippen LogP contribution in [0.3, 0.4) is 0 Å². The first-order valence-corrected chi connectivity index (χ1v) is 11.9. The summed E-state index contributed by atoms with van der Waals surface area (Å²) < 4.78 is 0. The lowest BCUT2D eigenvalue weighted by Gasteiger charge is -2.27. The highest BCUT2D eigenvalue weighted by molar-refractivity contribution is 6.05. The average molecular weight is 503 g/mol. The second-order valence-electron chi connectivity index (χ2n) is 9.27. The summed E-state index contributed by atoms with van der Waals surface area (Å²) in [6, 6.07) is 14.0. The molecule has 0 saturated heterocycles. The Morgan fingerprint density at radius 3 is 2.70 bits per heavy atom. The number of carboxylic acid groups (broad SMARTS) is 2. The number of nitrogens with one attached hydrogen (secondary N) is 2. The molecular formula is C27H26N4O6. The molecule has 10 nitrogen and oxygen atoms in total. The van der Waals surface area contributed by atoms with Gasteiger partial charge in [0, 0.05) is 30.8 Å². The molecule has 1 aliphatic heterocycles. The summed E-state index contributed by atoms with van der Waals surface area (Å²) in [6.45, 7) is 2.42. The van der Waals surface area contributed by atoms with Crippen LogP contribution in [0.4, 0.5) is 5.69 Å². The fraction of sp³-hybridized carbons (Fsp3) is 0.259. The van der Waals surface area contributed by atoms with Gasteiger partial charge in [0.25, 0.3) is 5.56 Å². The molecule has 0 amide bonds. The van der Waals surface area contributed by atoms with E-state index < -0.39 is 24.2 Å². The van der Waals surface area contributed by atoms with Crippen molar-refractivity contribution in [3.8, 4) is 0 Å². The highest BCUT2D eigenvalue weighted by atomic mass is 16.4. The zero-order valence-corrected chi connectivity index (χ0v) is 20.1. The van der Waals surface area contributed by atoms with Crippen LogP contribution in [0.1, 0.15) is 41.6 Å². The number of fused-ring (bicyclic) bond motifs is 4. The lowest BCUT2D eigenvalue weighted by molar-refractivity contribution is -0.149. The van der Waals surface area contributed by atoms with Gasteiger partial charge >= 0.3 is 11.9 Å². The Kier molecular flexibility index (Phi) is 6.36. The number of H-pyrrole nitrogens is 1. The topological polar surface area (TPSA) is 156 Å². The fourth-order valence-corrected chi connectivity index (χ4v) is 4.97. The van der Waals surface area contributed by atoms with Crippen molar-refractivity contribution >= 4 is 39.3 Å². The first kappa shape index (κ1) is 24.4. The molecule has 0 saturated carbocycles. The van der Waals surface area contributed by atoms with E-state index in [1.807, 2.05) is 42.5 Å². The van der Waals surface area contributed by atoms with Gasteiger partial charge in [0.1, 0.15) is 18.1 Å². The van der Waals surface area contributed by atoms with Crippen molar-refractivity contribution in [3.05, 3.63) is 81.4 Å². The SMILES string of the molecule is Cc1nc2ccc3ccc(CNc4ccc5c(c4)CN([C@@H](CCC(=O)O)C(=O)O)C5O)cc3c2c(=O)[nH]1. The molecule has 3 aromatic carbocycles. The van der Waals surface area contributed by atoms with E-state index in [-0.39, 0.29) is 24.9 Å². The van der Waals surface area contributed by atoms with Gasteiger partial charge in [0.05, 0.1) is 10.9 Å². The summed E-state index contributed by atoms with van der Waals surface area (Å²) in [4.78, 5) is 43.9. The Balaban J connectivity index is 1.35. The van der Waals surface area contributed by atoms with E-state index in [0.717, 1.165) is 27.6 Å². The van der Waals surface area contributed by atoms with Crippen molar-refractivity contribution in [2.75, 3.05) is 5.32 Å². The van der Waals surface area contributed by atoms with E-state index in [1.165, 1.54) is 4.90 Å². The van der Waals surface area contributed by atoms with Gasteiger partial charge in [-0.1, -0.05) is 24.3 Å². The number of rotatable bonds is 8. The number of aromatic nitrogens is 2. The minimum Gasteiger partial charge on any atom is -0.481 e. The van der Waals surface area contributed by atoms with E-state index >= 15 is 0 Å². The van der Waals surface area contributed by atoms with Crippen LogP contribution in [0.15, 0.2) is 53.3 Å². The van der Waals surface area contributed by atoms with E-state index in [0.29, 0.717) is 28.8 Å². The average Bonchev–Trinajstić information content (AvgIpc) is 3.17. The number of benzene rings is 3. The van der Waals surface area contributed by atoms with Crippen LogP contribution in [-0.2, 0) is 22.7 Å². The number of anilines is 1. The van der Waals surface area contributed by atoms with Gasteiger partial charge in [-0.15, -0.1) is 0 Å². The Bertz CT molecular complexity index is 1600. The predicted octanol–water partition coefficient (Wildman–Crippen LogP) is 3.12. The summed E-state index contributed by atoms with van der Waals surface area (Å²) in [5.74, 6) is -1.69. The maximum absolute atomic E-state index is 12.6. The summed E-state index contributed by atoms with van der Waals surface area (Å²) in [6.07, 6.45) is -1.52. The monoisotopic (exact) mass is 502 g/mol. The molecule has 1 aliphatic rings. The van der Waals surface area contributed by atoms with Crippen molar-refractivity contribution < 1.29 is 24.9 Å². The van der Waals surface area contributed by atoms with Crippen LogP contribution in [0.2, 0.25) is 0 Å². The van der Waals surface area contributed by atoms with Crippen LogP contribution >= 0.6 is 0 Å². The van der Waals surface area contributed by atoms with Gasteiger partial charge in [-0.25, -0.2) is 4.98 Å². The van der Waals surface area contributed by atoms with Gasteiger partial charge < -0.3 is 25.6 Å². The molecular weight excluding hydrogens is 476 g/mol. The number of carbonyl (C=O) groups is 2. The molecule has 5 rings (SSSR count). The fourth-order valence-electron chi connectivity index (χ4n) is 4.97. The van der Waals surface area contributed by atoms with E-state index in [2.05, 4.69) is 15.3 Å². The molecule has 37 heavy (non-hydrogen) atoms. The lowest BCUT2D eigenvalue weighted by atomic mass is 10.0. The molecule has 1 unspecified atom stereocenters. The summed E-state index contributed by atoms with van der Waals surface area (Å²) in [7, 11) is 0. The highest BCUT2D eigenvalue weighted by Crippen LogP contribution is 2.36. The van der Waals surface area contributed by atoms with Gasteiger partial charge in [-0.2, -0.15) is 0 Å². The molecule has 1 aromatic heterocycles. The second-order valence-corrected chi connectivity index (χ2v) is 9.27. The first-order valence-electron chi connectivity index (χ1n) is 11.9. The maximum Gasteiger partial charge on any atom is 0.321 e. The Labute approximate surface area is 211 Å². The standard InChI is InChI=1S/C27H26N4O6/c1-14-29-21-7-4-16-3-2-15(10-20(16)24(21)25(34)30-14)12-28-18-5-6-19-17(11-18)13-31(26(19)35)22(27(36)37)8-9-23(32)33/h2-7,10-11,22,26,28,35H,8-9,12-13H2,1H3,(H,32,33)(H,36,37)(H,29,30,34)/t22-,26?/m0/s1. The second kappa shape index (κ2) is 9.64. The van der Waals surface area contributed by atoms with Gasteiger partial charge in [-0.3, -0.25) is 19.3 Å². The molecule has 0 bridgehead atoms. The Morgan fingerprint density at radius 2 is 1.95 bits per heavy atom. The summed E-state index contributed by atoms with van der Waals surface area (Å²) >= 11 is 0.